The minimum absolute atomic E-state index is 0.610. The molecule has 2 aromatic rings. The van der Waals surface area contributed by atoms with Gasteiger partial charge in [0.15, 0.2) is 0 Å². The normalized spacial score (nSPS) is 11.4. The molecule has 0 saturated carbocycles. The smallest absolute Gasteiger partial charge is 0.117 e. The van der Waals surface area contributed by atoms with Crippen LogP contribution < -0.4 is 0 Å². The Morgan fingerprint density at radius 1 is 0.938 bits per heavy atom. The first-order chi connectivity index (χ1) is 7.83. The van der Waals surface area contributed by atoms with E-state index in [2.05, 4.69) is 5.16 Å². The third-order valence-electron chi connectivity index (χ3n) is 2.55. The standard InChI is InChI=1S/C14H13NO/c1-11-7-5-6-10-13(11)14(15-16)12-8-3-2-4-9-12/h2-10,16H,1H3/b15-14+. The molecule has 0 aliphatic rings. The van der Waals surface area contributed by atoms with Gasteiger partial charge in [0, 0.05) is 11.1 Å². The van der Waals surface area contributed by atoms with Gasteiger partial charge in [-0.05, 0) is 12.5 Å². The summed E-state index contributed by atoms with van der Waals surface area (Å²) in [4.78, 5) is 0. The van der Waals surface area contributed by atoms with Gasteiger partial charge in [0.2, 0.25) is 0 Å². The second-order valence-electron chi connectivity index (χ2n) is 3.63. The minimum atomic E-state index is 0.610. The van der Waals surface area contributed by atoms with Crippen LogP contribution in [0.1, 0.15) is 16.7 Å². The van der Waals surface area contributed by atoms with E-state index in [4.69, 9.17) is 5.21 Å². The van der Waals surface area contributed by atoms with Gasteiger partial charge in [0.25, 0.3) is 0 Å². The van der Waals surface area contributed by atoms with Crippen molar-refractivity contribution in [3.05, 3.63) is 71.3 Å². The Balaban J connectivity index is 2.51. The van der Waals surface area contributed by atoms with E-state index in [-0.39, 0.29) is 0 Å². The lowest BCUT2D eigenvalue weighted by atomic mass is 9.98. The van der Waals surface area contributed by atoms with Gasteiger partial charge in [0.1, 0.15) is 5.71 Å². The molecule has 0 unspecified atom stereocenters. The fourth-order valence-electron chi connectivity index (χ4n) is 1.70. The fraction of sp³-hybridized carbons (Fsp3) is 0.0714. The second-order valence-corrected chi connectivity index (χ2v) is 3.63. The molecule has 0 spiro atoms. The maximum absolute atomic E-state index is 9.15. The molecule has 0 saturated heterocycles. The van der Waals surface area contributed by atoms with E-state index < -0.39 is 0 Å². The van der Waals surface area contributed by atoms with E-state index in [0.717, 1.165) is 16.7 Å². The predicted molar refractivity (Wildman–Crippen MR) is 65.0 cm³/mol. The summed E-state index contributed by atoms with van der Waals surface area (Å²) in [5, 5.41) is 12.6. The Bertz CT molecular complexity index is 503. The third kappa shape index (κ3) is 1.96. The molecule has 16 heavy (non-hydrogen) atoms. The van der Waals surface area contributed by atoms with Crippen molar-refractivity contribution < 1.29 is 5.21 Å². The fourth-order valence-corrected chi connectivity index (χ4v) is 1.70. The van der Waals surface area contributed by atoms with Gasteiger partial charge >= 0.3 is 0 Å². The average Bonchev–Trinajstić information content (AvgIpc) is 2.34. The Morgan fingerprint density at radius 2 is 1.56 bits per heavy atom. The van der Waals surface area contributed by atoms with Gasteiger partial charge in [-0.15, -0.1) is 0 Å². The molecule has 0 amide bonds. The van der Waals surface area contributed by atoms with E-state index in [9.17, 15) is 0 Å². The maximum Gasteiger partial charge on any atom is 0.117 e. The molecule has 0 aliphatic heterocycles. The summed E-state index contributed by atoms with van der Waals surface area (Å²) in [5.41, 5.74) is 3.58. The first-order valence-corrected chi connectivity index (χ1v) is 5.16. The molecule has 2 heteroatoms. The second kappa shape index (κ2) is 4.62. The van der Waals surface area contributed by atoms with Crippen LogP contribution in [0, 0.1) is 6.92 Å². The summed E-state index contributed by atoms with van der Waals surface area (Å²) in [5.74, 6) is 0. The summed E-state index contributed by atoms with van der Waals surface area (Å²) in [7, 11) is 0. The number of rotatable bonds is 2. The number of benzene rings is 2. The lowest BCUT2D eigenvalue weighted by Crippen LogP contribution is -2.05. The van der Waals surface area contributed by atoms with Crippen LogP contribution in [0.4, 0.5) is 0 Å². The molecule has 0 heterocycles. The molecular formula is C14H13NO. The van der Waals surface area contributed by atoms with Crippen LogP contribution in [0.15, 0.2) is 59.8 Å². The number of oxime groups is 1. The summed E-state index contributed by atoms with van der Waals surface area (Å²) in [6.45, 7) is 2.00. The van der Waals surface area contributed by atoms with Crippen molar-refractivity contribution in [2.24, 2.45) is 5.16 Å². The van der Waals surface area contributed by atoms with Crippen LogP contribution in [-0.4, -0.2) is 10.9 Å². The molecule has 1 N–H and O–H groups in total. The molecule has 0 aromatic heterocycles. The number of hydrogen-bond acceptors (Lipinski definition) is 2. The highest BCUT2D eigenvalue weighted by Gasteiger charge is 2.08. The summed E-state index contributed by atoms with van der Waals surface area (Å²) >= 11 is 0. The Kier molecular flexibility index (Phi) is 3.01. The topological polar surface area (TPSA) is 32.6 Å². The molecule has 0 radical (unpaired) electrons. The maximum atomic E-state index is 9.15. The summed E-state index contributed by atoms with van der Waals surface area (Å²) in [6.07, 6.45) is 0. The van der Waals surface area contributed by atoms with Crippen LogP contribution in [0.2, 0.25) is 0 Å². The lowest BCUT2D eigenvalue weighted by Gasteiger charge is -2.07. The number of hydrogen-bond donors (Lipinski definition) is 1. The SMILES string of the molecule is Cc1ccccc1/C(=N/O)c1ccccc1. The first-order valence-electron chi connectivity index (χ1n) is 5.16. The van der Waals surface area contributed by atoms with Gasteiger partial charge < -0.3 is 5.21 Å². The minimum Gasteiger partial charge on any atom is -0.410 e. The Labute approximate surface area is 94.9 Å². The lowest BCUT2D eigenvalue weighted by molar-refractivity contribution is 0.319. The quantitative estimate of drug-likeness (QED) is 0.461. The van der Waals surface area contributed by atoms with Gasteiger partial charge in [-0.1, -0.05) is 59.8 Å². The zero-order valence-corrected chi connectivity index (χ0v) is 9.09. The first kappa shape index (κ1) is 10.4. The van der Waals surface area contributed by atoms with Crippen molar-refractivity contribution >= 4 is 5.71 Å². The van der Waals surface area contributed by atoms with Crippen molar-refractivity contribution in [2.45, 2.75) is 6.92 Å². The van der Waals surface area contributed by atoms with Crippen molar-refractivity contribution in [3.63, 3.8) is 0 Å². The molecule has 2 nitrogen and oxygen atoms in total. The van der Waals surface area contributed by atoms with Crippen LogP contribution in [0.5, 0.6) is 0 Å². The summed E-state index contributed by atoms with van der Waals surface area (Å²) in [6, 6.07) is 17.5. The van der Waals surface area contributed by atoms with E-state index in [1.54, 1.807) is 0 Å². The van der Waals surface area contributed by atoms with Crippen molar-refractivity contribution in [1.82, 2.24) is 0 Å². The zero-order chi connectivity index (χ0) is 11.4. The number of nitrogens with zero attached hydrogens (tertiary/aromatic N) is 1. The monoisotopic (exact) mass is 211 g/mol. The predicted octanol–water partition coefficient (Wildman–Crippen LogP) is 3.22. The van der Waals surface area contributed by atoms with E-state index >= 15 is 0 Å². The molecule has 0 fully saturated rings. The van der Waals surface area contributed by atoms with Gasteiger partial charge in [-0.2, -0.15) is 0 Å². The molecule has 0 bridgehead atoms. The third-order valence-corrected chi connectivity index (χ3v) is 2.55. The zero-order valence-electron chi connectivity index (χ0n) is 9.09. The van der Waals surface area contributed by atoms with E-state index in [1.807, 2.05) is 61.5 Å². The van der Waals surface area contributed by atoms with Crippen molar-refractivity contribution in [1.29, 1.82) is 0 Å². The van der Waals surface area contributed by atoms with Gasteiger partial charge in [-0.25, -0.2) is 0 Å². The Hall–Kier alpha value is -2.09. The largest absolute Gasteiger partial charge is 0.410 e. The van der Waals surface area contributed by atoms with Crippen LogP contribution in [-0.2, 0) is 0 Å². The molecular weight excluding hydrogens is 198 g/mol. The van der Waals surface area contributed by atoms with Crippen LogP contribution in [0.25, 0.3) is 0 Å². The van der Waals surface area contributed by atoms with Crippen molar-refractivity contribution in [3.8, 4) is 0 Å². The molecule has 2 aromatic carbocycles. The van der Waals surface area contributed by atoms with Gasteiger partial charge in [-0.3, -0.25) is 0 Å². The highest BCUT2D eigenvalue weighted by molar-refractivity contribution is 6.13. The molecule has 2 rings (SSSR count). The van der Waals surface area contributed by atoms with E-state index in [0.29, 0.717) is 5.71 Å². The molecule has 80 valence electrons. The average molecular weight is 211 g/mol. The summed E-state index contributed by atoms with van der Waals surface area (Å²) < 4.78 is 0. The van der Waals surface area contributed by atoms with Crippen LogP contribution >= 0.6 is 0 Å². The van der Waals surface area contributed by atoms with Gasteiger partial charge in [0.05, 0.1) is 0 Å². The molecule has 0 atom stereocenters. The highest BCUT2D eigenvalue weighted by atomic mass is 16.4. The number of aryl methyl sites for hydroxylation is 1. The van der Waals surface area contributed by atoms with Crippen molar-refractivity contribution in [2.75, 3.05) is 0 Å². The van der Waals surface area contributed by atoms with E-state index in [1.165, 1.54) is 0 Å². The molecule has 0 aliphatic carbocycles. The highest BCUT2D eigenvalue weighted by Crippen LogP contribution is 2.14. The van der Waals surface area contributed by atoms with Crippen LogP contribution in [0.3, 0.4) is 0 Å². The Morgan fingerprint density at radius 3 is 2.19 bits per heavy atom.